The summed E-state index contributed by atoms with van der Waals surface area (Å²) in [5.41, 5.74) is 1.01. The first-order valence-corrected chi connectivity index (χ1v) is 6.74. The van der Waals surface area contributed by atoms with Crippen molar-refractivity contribution in [3.05, 3.63) is 40.7 Å². The number of nitrogens with zero attached hydrogens (tertiary/aromatic N) is 2. The third-order valence-corrected chi connectivity index (χ3v) is 3.69. The van der Waals surface area contributed by atoms with E-state index in [-0.39, 0.29) is 10.6 Å². The highest BCUT2D eigenvalue weighted by Crippen LogP contribution is 2.30. The van der Waals surface area contributed by atoms with Crippen LogP contribution in [0.4, 0.5) is 11.4 Å². The molecule has 2 N–H and O–H groups in total. The molecule has 1 saturated heterocycles. The summed E-state index contributed by atoms with van der Waals surface area (Å²) in [6.45, 7) is 1.89. The Morgan fingerprint density at radius 1 is 1.40 bits per heavy atom. The summed E-state index contributed by atoms with van der Waals surface area (Å²) in [4.78, 5) is 14.8. The van der Waals surface area contributed by atoms with Gasteiger partial charge in [-0.3, -0.25) is 15.1 Å². The van der Waals surface area contributed by atoms with Crippen molar-refractivity contribution in [1.82, 2.24) is 10.3 Å². The van der Waals surface area contributed by atoms with Crippen molar-refractivity contribution < 1.29 is 4.92 Å². The molecule has 1 aromatic heterocycles. The van der Waals surface area contributed by atoms with E-state index in [1.54, 1.807) is 30.6 Å². The van der Waals surface area contributed by atoms with Crippen LogP contribution in [0, 0.1) is 10.1 Å². The fourth-order valence-electron chi connectivity index (χ4n) is 2.65. The largest absolute Gasteiger partial charge is 0.383 e. The molecule has 3 rings (SSSR count). The van der Waals surface area contributed by atoms with Crippen LogP contribution in [0.2, 0.25) is 0 Å². The zero-order valence-electron chi connectivity index (χ0n) is 11.0. The number of benzene rings is 1. The fraction of sp³-hybridized carbons (Fsp3) is 0.357. The number of rotatable bonds is 4. The fourth-order valence-corrected chi connectivity index (χ4v) is 2.65. The molecule has 2 heterocycles. The summed E-state index contributed by atoms with van der Waals surface area (Å²) in [7, 11) is 0. The van der Waals surface area contributed by atoms with Gasteiger partial charge in [-0.15, -0.1) is 0 Å². The predicted octanol–water partition coefficient (Wildman–Crippen LogP) is 2.31. The van der Waals surface area contributed by atoms with E-state index in [2.05, 4.69) is 15.6 Å². The molecule has 20 heavy (non-hydrogen) atoms. The highest BCUT2D eigenvalue weighted by atomic mass is 16.6. The van der Waals surface area contributed by atoms with E-state index in [1.165, 1.54) is 6.42 Å². The normalized spacial score (nSPS) is 18.3. The van der Waals surface area contributed by atoms with E-state index >= 15 is 0 Å². The van der Waals surface area contributed by atoms with Crippen molar-refractivity contribution in [2.45, 2.75) is 18.9 Å². The summed E-state index contributed by atoms with van der Waals surface area (Å²) in [6.07, 6.45) is 5.62. The first kappa shape index (κ1) is 12.8. The van der Waals surface area contributed by atoms with Crippen molar-refractivity contribution in [3.63, 3.8) is 0 Å². The van der Waals surface area contributed by atoms with Crippen LogP contribution in [-0.4, -0.2) is 29.0 Å². The van der Waals surface area contributed by atoms with E-state index in [0.29, 0.717) is 11.4 Å². The van der Waals surface area contributed by atoms with Crippen molar-refractivity contribution in [1.29, 1.82) is 0 Å². The Bertz CT molecular complexity index is 638. The molecule has 1 aromatic carbocycles. The van der Waals surface area contributed by atoms with Crippen molar-refractivity contribution in [2.24, 2.45) is 0 Å². The van der Waals surface area contributed by atoms with Crippen LogP contribution in [0.25, 0.3) is 10.8 Å². The maximum absolute atomic E-state index is 11.0. The Kier molecular flexibility index (Phi) is 3.47. The quantitative estimate of drug-likeness (QED) is 0.659. The summed E-state index contributed by atoms with van der Waals surface area (Å²) < 4.78 is 0. The number of nitro benzene ring substituents is 1. The van der Waals surface area contributed by atoms with Gasteiger partial charge in [0.2, 0.25) is 0 Å². The van der Waals surface area contributed by atoms with Crippen LogP contribution in [-0.2, 0) is 0 Å². The van der Waals surface area contributed by atoms with Crippen LogP contribution >= 0.6 is 0 Å². The lowest BCUT2D eigenvalue weighted by Crippen LogP contribution is -2.29. The molecule has 0 bridgehead atoms. The Morgan fingerprint density at radius 3 is 3.05 bits per heavy atom. The molecule has 1 fully saturated rings. The topological polar surface area (TPSA) is 80.1 Å². The summed E-state index contributed by atoms with van der Waals surface area (Å²) in [6, 6.07) is 5.47. The number of fused-ring (bicyclic) bond motifs is 1. The molecule has 1 aliphatic rings. The minimum atomic E-state index is -0.357. The average molecular weight is 272 g/mol. The van der Waals surface area contributed by atoms with Gasteiger partial charge in [0.05, 0.1) is 10.3 Å². The Balaban J connectivity index is 1.91. The third kappa shape index (κ3) is 2.42. The molecule has 1 aliphatic heterocycles. The van der Waals surface area contributed by atoms with Gasteiger partial charge in [-0.25, -0.2) is 0 Å². The van der Waals surface area contributed by atoms with Crippen LogP contribution < -0.4 is 10.6 Å². The van der Waals surface area contributed by atoms with Crippen molar-refractivity contribution in [2.75, 3.05) is 18.4 Å². The van der Waals surface area contributed by atoms with Gasteiger partial charge in [0, 0.05) is 42.1 Å². The van der Waals surface area contributed by atoms with E-state index in [4.69, 9.17) is 0 Å². The molecule has 0 aliphatic carbocycles. The number of hydrogen-bond donors (Lipinski definition) is 2. The molecular formula is C14H16N4O2. The predicted molar refractivity (Wildman–Crippen MR) is 77.9 cm³/mol. The summed E-state index contributed by atoms with van der Waals surface area (Å²) >= 11 is 0. The second-order valence-corrected chi connectivity index (χ2v) is 4.98. The molecule has 0 radical (unpaired) electrons. The first-order valence-electron chi connectivity index (χ1n) is 6.74. The van der Waals surface area contributed by atoms with Crippen LogP contribution in [0.5, 0.6) is 0 Å². The molecular weight excluding hydrogens is 256 g/mol. The second kappa shape index (κ2) is 5.42. The van der Waals surface area contributed by atoms with Gasteiger partial charge in [-0.05, 0) is 31.5 Å². The minimum absolute atomic E-state index is 0.118. The van der Waals surface area contributed by atoms with E-state index < -0.39 is 0 Å². The number of nitrogens with one attached hydrogen (secondary N) is 2. The molecule has 104 valence electrons. The average Bonchev–Trinajstić information content (AvgIpc) is 2.97. The van der Waals surface area contributed by atoms with Gasteiger partial charge in [0.25, 0.3) is 5.69 Å². The molecule has 1 unspecified atom stereocenters. The standard InChI is InChI=1S/C14H16N4O2/c19-18(20)14-4-3-13(12-9-15-7-5-11(12)14)17-8-10-2-1-6-16-10/h3-5,7,9-10,16-17H,1-2,6,8H2. The maximum Gasteiger partial charge on any atom is 0.277 e. The molecule has 6 nitrogen and oxygen atoms in total. The van der Waals surface area contributed by atoms with E-state index in [0.717, 1.165) is 30.6 Å². The first-order chi connectivity index (χ1) is 9.75. The molecule has 0 amide bonds. The lowest BCUT2D eigenvalue weighted by molar-refractivity contribution is -0.383. The zero-order chi connectivity index (χ0) is 13.9. The van der Waals surface area contributed by atoms with Gasteiger partial charge in [-0.2, -0.15) is 0 Å². The Hall–Kier alpha value is -2.21. The Labute approximate surface area is 116 Å². The van der Waals surface area contributed by atoms with Gasteiger partial charge in [0.1, 0.15) is 0 Å². The SMILES string of the molecule is O=[N+]([O-])c1ccc(NCC2CCCN2)c2cnccc12. The third-order valence-electron chi connectivity index (χ3n) is 3.69. The van der Waals surface area contributed by atoms with Gasteiger partial charge in [0.15, 0.2) is 0 Å². The molecule has 0 spiro atoms. The second-order valence-electron chi connectivity index (χ2n) is 4.98. The number of nitro groups is 1. The van der Waals surface area contributed by atoms with E-state index in [1.807, 2.05) is 0 Å². The van der Waals surface area contributed by atoms with Gasteiger partial charge < -0.3 is 10.6 Å². The lowest BCUT2D eigenvalue weighted by atomic mass is 10.1. The van der Waals surface area contributed by atoms with Gasteiger partial charge in [-0.1, -0.05) is 0 Å². The number of non-ortho nitro benzene ring substituents is 1. The van der Waals surface area contributed by atoms with Gasteiger partial charge >= 0.3 is 0 Å². The Morgan fingerprint density at radius 2 is 2.30 bits per heavy atom. The minimum Gasteiger partial charge on any atom is -0.383 e. The highest BCUT2D eigenvalue weighted by Gasteiger charge is 2.16. The molecule has 1 atom stereocenters. The lowest BCUT2D eigenvalue weighted by Gasteiger charge is -2.14. The number of hydrogen-bond acceptors (Lipinski definition) is 5. The van der Waals surface area contributed by atoms with Crippen LogP contribution in [0.1, 0.15) is 12.8 Å². The monoisotopic (exact) mass is 272 g/mol. The summed E-state index contributed by atoms with van der Waals surface area (Å²) in [5.74, 6) is 0. The molecule has 6 heteroatoms. The maximum atomic E-state index is 11.0. The van der Waals surface area contributed by atoms with E-state index in [9.17, 15) is 10.1 Å². The molecule has 2 aromatic rings. The van der Waals surface area contributed by atoms with Crippen molar-refractivity contribution in [3.8, 4) is 0 Å². The molecule has 0 saturated carbocycles. The highest BCUT2D eigenvalue weighted by molar-refractivity contribution is 5.99. The number of aromatic nitrogens is 1. The number of pyridine rings is 1. The number of anilines is 1. The summed E-state index contributed by atoms with van der Waals surface area (Å²) in [5, 5.41) is 19.2. The van der Waals surface area contributed by atoms with Crippen molar-refractivity contribution >= 4 is 22.1 Å². The smallest absolute Gasteiger partial charge is 0.277 e. The van der Waals surface area contributed by atoms with Crippen LogP contribution in [0.15, 0.2) is 30.6 Å². The zero-order valence-corrected chi connectivity index (χ0v) is 11.0. The van der Waals surface area contributed by atoms with Crippen LogP contribution in [0.3, 0.4) is 0 Å².